The van der Waals surface area contributed by atoms with Crippen LogP contribution < -0.4 is 5.32 Å². The summed E-state index contributed by atoms with van der Waals surface area (Å²) in [5, 5.41) is 2.47. The van der Waals surface area contributed by atoms with E-state index in [4.69, 9.17) is 0 Å². The van der Waals surface area contributed by atoms with Gasteiger partial charge >= 0.3 is 5.97 Å². The van der Waals surface area contributed by atoms with Crippen LogP contribution in [0.1, 0.15) is 19.8 Å². The third-order valence-electron chi connectivity index (χ3n) is 2.87. The molecule has 0 saturated carbocycles. The minimum absolute atomic E-state index is 0.0260. The lowest BCUT2D eigenvalue weighted by molar-refractivity contribution is -0.148. The molecule has 6 nitrogen and oxygen atoms in total. The third kappa shape index (κ3) is 4.05. The predicted octanol–water partition coefficient (Wildman–Crippen LogP) is -0.466. The van der Waals surface area contributed by atoms with Gasteiger partial charge in [-0.05, 0) is 12.8 Å². The SMILES string of the molecule is COC(=O)C1CCN(C(=O)CNC(C)=O)CC1. The molecule has 0 bridgehead atoms. The number of likely N-dealkylation sites (tertiary alicyclic amines) is 1. The van der Waals surface area contributed by atoms with Gasteiger partial charge in [-0.15, -0.1) is 0 Å². The van der Waals surface area contributed by atoms with Crippen LogP contribution in [0, 0.1) is 5.92 Å². The molecule has 0 aromatic rings. The first-order valence-corrected chi connectivity index (χ1v) is 5.64. The molecule has 1 saturated heterocycles. The molecule has 0 aromatic carbocycles. The number of hydrogen-bond donors (Lipinski definition) is 1. The molecule has 0 spiro atoms. The van der Waals surface area contributed by atoms with E-state index in [1.165, 1.54) is 14.0 Å². The van der Waals surface area contributed by atoms with Crippen LogP contribution in [0.15, 0.2) is 0 Å². The van der Waals surface area contributed by atoms with Crippen LogP contribution in [0.25, 0.3) is 0 Å². The van der Waals surface area contributed by atoms with Crippen molar-refractivity contribution in [3.8, 4) is 0 Å². The monoisotopic (exact) mass is 242 g/mol. The number of amides is 2. The van der Waals surface area contributed by atoms with Gasteiger partial charge in [0, 0.05) is 20.0 Å². The second kappa shape index (κ2) is 6.22. The van der Waals surface area contributed by atoms with Crippen LogP contribution in [-0.2, 0) is 19.1 Å². The highest BCUT2D eigenvalue weighted by atomic mass is 16.5. The number of methoxy groups -OCH3 is 1. The molecule has 2 amide bonds. The highest BCUT2D eigenvalue weighted by Gasteiger charge is 2.27. The van der Waals surface area contributed by atoms with Gasteiger partial charge in [0.25, 0.3) is 0 Å². The fourth-order valence-electron chi connectivity index (χ4n) is 1.84. The zero-order chi connectivity index (χ0) is 12.8. The number of piperidine rings is 1. The summed E-state index contributed by atoms with van der Waals surface area (Å²) in [5.41, 5.74) is 0. The molecule has 0 radical (unpaired) electrons. The summed E-state index contributed by atoms with van der Waals surface area (Å²) >= 11 is 0. The Kier molecular flexibility index (Phi) is 4.93. The third-order valence-corrected chi connectivity index (χ3v) is 2.87. The van der Waals surface area contributed by atoms with Gasteiger partial charge in [0.1, 0.15) is 0 Å². The molecule has 1 fully saturated rings. The molecule has 0 unspecified atom stereocenters. The van der Waals surface area contributed by atoms with Crippen LogP contribution >= 0.6 is 0 Å². The van der Waals surface area contributed by atoms with Crippen LogP contribution in [-0.4, -0.2) is 49.4 Å². The number of nitrogens with one attached hydrogen (secondary N) is 1. The quantitative estimate of drug-likeness (QED) is 0.679. The average molecular weight is 242 g/mol. The van der Waals surface area contributed by atoms with E-state index < -0.39 is 0 Å². The zero-order valence-corrected chi connectivity index (χ0v) is 10.2. The summed E-state index contributed by atoms with van der Waals surface area (Å²) in [6.45, 7) is 2.48. The fourth-order valence-corrected chi connectivity index (χ4v) is 1.84. The molecular weight excluding hydrogens is 224 g/mol. The first kappa shape index (κ1) is 13.5. The molecule has 0 aliphatic carbocycles. The van der Waals surface area contributed by atoms with Crippen molar-refractivity contribution in [2.45, 2.75) is 19.8 Å². The molecule has 1 N–H and O–H groups in total. The van der Waals surface area contributed by atoms with Gasteiger partial charge in [-0.2, -0.15) is 0 Å². The molecule has 1 aliphatic rings. The van der Waals surface area contributed by atoms with Crippen LogP contribution in [0.4, 0.5) is 0 Å². The highest BCUT2D eigenvalue weighted by Crippen LogP contribution is 2.18. The van der Waals surface area contributed by atoms with E-state index >= 15 is 0 Å². The molecule has 1 aliphatic heterocycles. The lowest BCUT2D eigenvalue weighted by Crippen LogP contribution is -2.44. The van der Waals surface area contributed by atoms with Crippen molar-refractivity contribution in [3.05, 3.63) is 0 Å². The van der Waals surface area contributed by atoms with E-state index in [0.717, 1.165) is 0 Å². The van der Waals surface area contributed by atoms with Crippen molar-refractivity contribution in [1.29, 1.82) is 0 Å². The number of rotatable bonds is 3. The van der Waals surface area contributed by atoms with E-state index in [0.29, 0.717) is 25.9 Å². The Morgan fingerprint density at radius 1 is 1.29 bits per heavy atom. The summed E-state index contributed by atoms with van der Waals surface area (Å²) in [4.78, 5) is 35.2. The Morgan fingerprint density at radius 2 is 1.88 bits per heavy atom. The largest absolute Gasteiger partial charge is 0.469 e. The number of carbonyl (C=O) groups excluding carboxylic acids is 3. The molecular formula is C11H18N2O4. The molecule has 96 valence electrons. The van der Waals surface area contributed by atoms with Crippen LogP contribution in [0.3, 0.4) is 0 Å². The Bertz CT molecular complexity index is 309. The van der Waals surface area contributed by atoms with Crippen molar-refractivity contribution in [2.24, 2.45) is 5.92 Å². The van der Waals surface area contributed by atoms with Gasteiger partial charge in [-0.25, -0.2) is 0 Å². The van der Waals surface area contributed by atoms with E-state index in [1.54, 1.807) is 4.90 Å². The molecule has 1 rings (SSSR count). The van der Waals surface area contributed by atoms with Crippen molar-refractivity contribution < 1.29 is 19.1 Å². The summed E-state index contributed by atoms with van der Waals surface area (Å²) in [5.74, 6) is -0.643. The Labute approximate surface area is 100 Å². The number of nitrogens with zero attached hydrogens (tertiary/aromatic N) is 1. The minimum atomic E-state index is -0.220. The van der Waals surface area contributed by atoms with Gasteiger partial charge < -0.3 is 15.0 Å². The smallest absolute Gasteiger partial charge is 0.308 e. The maximum absolute atomic E-state index is 11.6. The van der Waals surface area contributed by atoms with Crippen molar-refractivity contribution in [1.82, 2.24) is 10.2 Å². The number of ether oxygens (including phenoxy) is 1. The maximum Gasteiger partial charge on any atom is 0.308 e. The van der Waals surface area contributed by atoms with Gasteiger partial charge in [-0.3, -0.25) is 14.4 Å². The first-order valence-electron chi connectivity index (χ1n) is 5.64. The summed E-state index contributed by atoms with van der Waals surface area (Å²) in [6, 6.07) is 0. The lowest BCUT2D eigenvalue weighted by atomic mass is 9.97. The van der Waals surface area contributed by atoms with E-state index in [2.05, 4.69) is 10.1 Å². The Morgan fingerprint density at radius 3 is 2.35 bits per heavy atom. The lowest BCUT2D eigenvalue weighted by Gasteiger charge is -2.30. The Balaban J connectivity index is 2.33. The Hall–Kier alpha value is -1.59. The summed E-state index contributed by atoms with van der Waals surface area (Å²) in [6.07, 6.45) is 1.25. The topological polar surface area (TPSA) is 75.7 Å². The van der Waals surface area contributed by atoms with Crippen molar-refractivity contribution >= 4 is 17.8 Å². The molecule has 0 atom stereocenters. The van der Waals surface area contributed by atoms with Crippen LogP contribution in [0.2, 0.25) is 0 Å². The highest BCUT2D eigenvalue weighted by molar-refractivity contribution is 5.84. The van der Waals surface area contributed by atoms with E-state index in [-0.39, 0.29) is 30.2 Å². The van der Waals surface area contributed by atoms with Crippen LogP contribution in [0.5, 0.6) is 0 Å². The van der Waals surface area contributed by atoms with E-state index in [1.807, 2.05) is 0 Å². The van der Waals surface area contributed by atoms with Gasteiger partial charge in [0.2, 0.25) is 11.8 Å². The van der Waals surface area contributed by atoms with Crippen molar-refractivity contribution in [2.75, 3.05) is 26.7 Å². The summed E-state index contributed by atoms with van der Waals surface area (Å²) < 4.78 is 4.66. The standard InChI is InChI=1S/C11H18N2O4/c1-8(14)12-7-10(15)13-5-3-9(4-6-13)11(16)17-2/h9H,3-7H2,1-2H3,(H,12,14). The average Bonchev–Trinajstić information content (AvgIpc) is 2.35. The first-order chi connectivity index (χ1) is 8.04. The van der Waals surface area contributed by atoms with Crippen molar-refractivity contribution in [3.63, 3.8) is 0 Å². The number of esters is 1. The number of hydrogen-bond acceptors (Lipinski definition) is 4. The normalized spacial score (nSPS) is 16.5. The van der Waals surface area contributed by atoms with Gasteiger partial charge in [0.15, 0.2) is 0 Å². The predicted molar refractivity (Wildman–Crippen MR) is 60.0 cm³/mol. The number of carbonyl (C=O) groups is 3. The van der Waals surface area contributed by atoms with E-state index in [9.17, 15) is 14.4 Å². The second-order valence-corrected chi connectivity index (χ2v) is 4.09. The second-order valence-electron chi connectivity index (χ2n) is 4.09. The molecule has 1 heterocycles. The van der Waals surface area contributed by atoms with Gasteiger partial charge in [0.05, 0.1) is 19.6 Å². The molecule has 0 aromatic heterocycles. The molecule has 17 heavy (non-hydrogen) atoms. The van der Waals surface area contributed by atoms with Gasteiger partial charge in [-0.1, -0.05) is 0 Å². The molecule has 6 heteroatoms. The fraction of sp³-hybridized carbons (Fsp3) is 0.727. The zero-order valence-electron chi connectivity index (χ0n) is 10.2. The minimum Gasteiger partial charge on any atom is -0.469 e. The summed E-state index contributed by atoms with van der Waals surface area (Å²) in [7, 11) is 1.37. The maximum atomic E-state index is 11.6.